The van der Waals surface area contributed by atoms with Crippen LogP contribution in [0.5, 0.6) is 5.88 Å². The molecule has 0 saturated heterocycles. The summed E-state index contributed by atoms with van der Waals surface area (Å²) in [5, 5.41) is 10.3. The first kappa shape index (κ1) is 17.1. The van der Waals surface area contributed by atoms with Crippen LogP contribution in [0.4, 0.5) is 4.39 Å². The molecule has 2 atom stereocenters. The lowest BCUT2D eigenvalue weighted by Gasteiger charge is -2.19. The topological polar surface area (TPSA) is 86.0 Å². The van der Waals surface area contributed by atoms with E-state index in [0.29, 0.717) is 11.0 Å². The molecule has 0 radical (unpaired) electrons. The largest absolute Gasteiger partial charge is 0.479 e. The molecule has 0 amide bonds. The van der Waals surface area contributed by atoms with Crippen molar-refractivity contribution in [3.8, 4) is 17.3 Å². The van der Waals surface area contributed by atoms with E-state index in [1.54, 1.807) is 6.07 Å². The van der Waals surface area contributed by atoms with Crippen molar-refractivity contribution in [2.45, 2.75) is 38.3 Å². The van der Waals surface area contributed by atoms with Crippen molar-refractivity contribution in [2.75, 3.05) is 7.11 Å². The summed E-state index contributed by atoms with van der Waals surface area (Å²) in [7, 11) is 1.48. The predicted molar refractivity (Wildman–Crippen MR) is 93.7 cm³/mol. The van der Waals surface area contributed by atoms with Gasteiger partial charge in [0.1, 0.15) is 11.5 Å². The van der Waals surface area contributed by atoms with E-state index in [1.165, 1.54) is 7.11 Å². The fraction of sp³-hybridized carbons (Fsp3) is 0.412. The Morgan fingerprint density at radius 3 is 2.81 bits per heavy atom. The molecule has 26 heavy (non-hydrogen) atoms. The van der Waals surface area contributed by atoms with Gasteiger partial charge in [-0.2, -0.15) is 0 Å². The third-order valence-electron chi connectivity index (χ3n) is 4.75. The molecule has 7 nitrogen and oxygen atoms in total. The number of nitrogens with zero attached hydrogens (tertiary/aromatic N) is 5. The summed E-state index contributed by atoms with van der Waals surface area (Å²) in [6.45, 7) is 1.87. The number of aromatic nitrogens is 5. The van der Waals surface area contributed by atoms with Crippen molar-refractivity contribution in [3.63, 3.8) is 0 Å². The minimum Gasteiger partial charge on any atom is -0.479 e. The number of methoxy groups -OCH3 is 1. The third kappa shape index (κ3) is 2.69. The number of ether oxygens (including phenoxy) is 1. The van der Waals surface area contributed by atoms with Gasteiger partial charge in [0.05, 0.1) is 36.7 Å². The van der Waals surface area contributed by atoms with E-state index in [2.05, 4.69) is 19.9 Å². The van der Waals surface area contributed by atoms with E-state index in [0.717, 1.165) is 31.3 Å². The first-order valence-electron chi connectivity index (χ1n) is 8.29. The lowest BCUT2D eigenvalue weighted by molar-refractivity contribution is 0.137. The summed E-state index contributed by atoms with van der Waals surface area (Å²) in [6.07, 6.45) is 3.09. The van der Waals surface area contributed by atoms with E-state index >= 15 is 0 Å². The molecule has 1 aliphatic carbocycles. The molecule has 1 N–H and O–H groups in total. The molecule has 0 aromatic carbocycles. The van der Waals surface area contributed by atoms with E-state index in [4.69, 9.17) is 16.3 Å². The SMILES string of the molecule is COc1nc(-c2nc(Cl)ncc2F)cc2c1nc(C)n2C1CCCC1O. The summed E-state index contributed by atoms with van der Waals surface area (Å²) in [6, 6.07) is 1.61. The number of imidazole rings is 1. The second-order valence-electron chi connectivity index (χ2n) is 6.31. The third-order valence-corrected chi connectivity index (χ3v) is 4.93. The highest BCUT2D eigenvalue weighted by Crippen LogP contribution is 2.37. The summed E-state index contributed by atoms with van der Waals surface area (Å²) in [4.78, 5) is 16.5. The molecular formula is C17H17ClFN5O2. The minimum atomic E-state index is -0.632. The number of rotatable bonds is 3. The molecule has 2 unspecified atom stereocenters. The molecule has 3 aromatic heterocycles. The van der Waals surface area contributed by atoms with Gasteiger partial charge in [0.2, 0.25) is 11.2 Å². The van der Waals surface area contributed by atoms with Gasteiger partial charge in [-0.1, -0.05) is 0 Å². The summed E-state index contributed by atoms with van der Waals surface area (Å²) in [5.74, 6) is 0.373. The highest BCUT2D eigenvalue weighted by molar-refractivity contribution is 6.28. The number of halogens is 2. The Morgan fingerprint density at radius 1 is 1.31 bits per heavy atom. The standard InChI is InChI=1S/C17H17ClFN5O2/c1-8-21-15-12(24(8)11-4-3-5-13(11)25)6-10(22-16(15)26-2)14-9(19)7-20-17(18)23-14/h6-7,11,13,25H,3-5H2,1-2H3. The van der Waals surface area contributed by atoms with Crippen molar-refractivity contribution >= 4 is 22.6 Å². The van der Waals surface area contributed by atoms with Gasteiger partial charge in [-0.3, -0.25) is 0 Å². The second kappa shape index (κ2) is 6.44. The van der Waals surface area contributed by atoms with Crippen molar-refractivity contribution in [2.24, 2.45) is 0 Å². The number of aliphatic hydroxyl groups excluding tert-OH is 1. The maximum Gasteiger partial charge on any atom is 0.242 e. The molecule has 136 valence electrons. The molecule has 9 heteroatoms. The quantitative estimate of drug-likeness (QED) is 0.706. The van der Waals surface area contributed by atoms with Crippen molar-refractivity contribution in [1.82, 2.24) is 24.5 Å². The molecule has 4 rings (SSSR count). The zero-order valence-electron chi connectivity index (χ0n) is 14.3. The van der Waals surface area contributed by atoms with Gasteiger partial charge in [-0.05, 0) is 43.9 Å². The lowest BCUT2D eigenvalue weighted by Crippen LogP contribution is -2.19. The van der Waals surface area contributed by atoms with Crippen LogP contribution < -0.4 is 4.74 Å². The van der Waals surface area contributed by atoms with Gasteiger partial charge in [0.15, 0.2) is 11.3 Å². The van der Waals surface area contributed by atoms with Crippen LogP contribution >= 0.6 is 11.6 Å². The van der Waals surface area contributed by atoms with Gasteiger partial charge < -0.3 is 14.4 Å². The Morgan fingerprint density at radius 2 is 2.12 bits per heavy atom. The zero-order chi connectivity index (χ0) is 18.4. The summed E-state index contributed by atoms with van der Waals surface area (Å²) < 4.78 is 21.6. The van der Waals surface area contributed by atoms with Crippen LogP contribution in [0, 0.1) is 12.7 Å². The van der Waals surface area contributed by atoms with Gasteiger partial charge in [-0.15, -0.1) is 0 Å². The molecule has 0 aliphatic heterocycles. The van der Waals surface area contributed by atoms with E-state index < -0.39 is 11.9 Å². The van der Waals surface area contributed by atoms with E-state index in [9.17, 15) is 9.50 Å². The van der Waals surface area contributed by atoms with Crippen LogP contribution in [-0.4, -0.2) is 42.8 Å². The van der Waals surface area contributed by atoms with Gasteiger partial charge >= 0.3 is 0 Å². The van der Waals surface area contributed by atoms with Crippen LogP contribution in [0.25, 0.3) is 22.4 Å². The zero-order valence-corrected chi connectivity index (χ0v) is 15.0. The molecule has 1 aliphatic rings. The number of hydrogen-bond acceptors (Lipinski definition) is 6. The lowest BCUT2D eigenvalue weighted by atomic mass is 10.2. The maximum absolute atomic E-state index is 14.2. The number of hydrogen-bond donors (Lipinski definition) is 1. The van der Waals surface area contributed by atoms with Gasteiger partial charge in [0.25, 0.3) is 0 Å². The first-order chi connectivity index (χ1) is 12.5. The predicted octanol–water partition coefficient (Wildman–Crippen LogP) is 3.08. The van der Waals surface area contributed by atoms with Crippen molar-refractivity contribution in [1.29, 1.82) is 0 Å². The second-order valence-corrected chi connectivity index (χ2v) is 6.65. The molecule has 3 heterocycles. The number of aryl methyl sites for hydroxylation is 1. The molecule has 3 aromatic rings. The molecular weight excluding hydrogens is 361 g/mol. The summed E-state index contributed by atoms with van der Waals surface area (Å²) >= 11 is 5.82. The van der Waals surface area contributed by atoms with E-state index in [-0.39, 0.29) is 28.6 Å². The smallest absolute Gasteiger partial charge is 0.242 e. The van der Waals surface area contributed by atoms with Crippen LogP contribution in [0.2, 0.25) is 5.28 Å². The minimum absolute atomic E-state index is 0.0115. The molecule has 1 fully saturated rings. The van der Waals surface area contributed by atoms with E-state index in [1.807, 2.05) is 11.5 Å². The number of fused-ring (bicyclic) bond motifs is 1. The average Bonchev–Trinajstić information content (AvgIpc) is 3.18. The van der Waals surface area contributed by atoms with Gasteiger partial charge in [0, 0.05) is 0 Å². The molecule has 0 bridgehead atoms. The van der Waals surface area contributed by atoms with Crippen LogP contribution in [0.1, 0.15) is 31.1 Å². The Balaban J connectivity index is 1.98. The molecule has 0 spiro atoms. The summed E-state index contributed by atoms with van der Waals surface area (Å²) in [5.41, 5.74) is 1.53. The fourth-order valence-corrected chi connectivity index (χ4v) is 3.74. The van der Waals surface area contributed by atoms with Crippen molar-refractivity contribution < 1.29 is 14.2 Å². The average molecular weight is 378 g/mol. The molecule has 1 saturated carbocycles. The highest BCUT2D eigenvalue weighted by Gasteiger charge is 2.30. The highest BCUT2D eigenvalue weighted by atomic mass is 35.5. The Bertz CT molecular complexity index is 993. The first-order valence-corrected chi connectivity index (χ1v) is 8.67. The number of pyridine rings is 1. The fourth-order valence-electron chi connectivity index (χ4n) is 3.61. The van der Waals surface area contributed by atoms with Crippen LogP contribution in [-0.2, 0) is 0 Å². The van der Waals surface area contributed by atoms with Gasteiger partial charge in [-0.25, -0.2) is 24.3 Å². The maximum atomic E-state index is 14.2. The monoisotopic (exact) mass is 377 g/mol. The van der Waals surface area contributed by atoms with Crippen molar-refractivity contribution in [3.05, 3.63) is 29.2 Å². The number of aliphatic hydroxyl groups is 1. The van der Waals surface area contributed by atoms with Crippen LogP contribution in [0.15, 0.2) is 12.3 Å². The van der Waals surface area contributed by atoms with Crippen LogP contribution in [0.3, 0.4) is 0 Å². The normalized spacial score (nSPS) is 20.0. The Hall–Kier alpha value is -2.32. The Labute approximate surface area is 153 Å². The Kier molecular flexibility index (Phi) is 4.24.